The first-order valence-electron chi connectivity index (χ1n) is 7.46. The van der Waals surface area contributed by atoms with E-state index >= 15 is 0 Å². The van der Waals surface area contributed by atoms with Crippen LogP contribution in [0, 0.1) is 0 Å². The maximum atomic E-state index is 12.3. The second-order valence-corrected chi connectivity index (χ2v) is 7.11. The summed E-state index contributed by atoms with van der Waals surface area (Å²) < 4.78 is 5.35. The normalized spacial score (nSPS) is 22.1. The SMILES string of the molecule is O=C(COc1ccccc1)N[C@@H]1C(=O)N2C(C(=O)O)=C(CBr)CS[C@@H]12. The average Bonchev–Trinajstić information content (AvgIpc) is 2.63. The first-order valence-corrected chi connectivity index (χ1v) is 9.63. The Morgan fingerprint density at radius 3 is 2.72 bits per heavy atom. The Bertz CT molecular complexity index is 739. The molecule has 25 heavy (non-hydrogen) atoms. The summed E-state index contributed by atoms with van der Waals surface area (Å²) in [6.07, 6.45) is 0. The molecule has 7 nitrogen and oxygen atoms in total. The fourth-order valence-corrected chi connectivity index (χ4v) is 4.74. The van der Waals surface area contributed by atoms with Gasteiger partial charge < -0.3 is 15.2 Å². The van der Waals surface area contributed by atoms with Gasteiger partial charge in [-0.1, -0.05) is 34.1 Å². The summed E-state index contributed by atoms with van der Waals surface area (Å²) in [7, 11) is 0. The van der Waals surface area contributed by atoms with Gasteiger partial charge in [-0.2, -0.15) is 0 Å². The van der Waals surface area contributed by atoms with E-state index in [1.807, 2.05) is 6.07 Å². The van der Waals surface area contributed by atoms with Crippen LogP contribution in [0.25, 0.3) is 0 Å². The van der Waals surface area contributed by atoms with Gasteiger partial charge in [0.15, 0.2) is 6.61 Å². The van der Waals surface area contributed by atoms with Crippen LogP contribution in [-0.2, 0) is 14.4 Å². The third kappa shape index (κ3) is 3.52. The van der Waals surface area contributed by atoms with Crippen molar-refractivity contribution in [1.82, 2.24) is 10.2 Å². The minimum atomic E-state index is -1.13. The Labute approximate surface area is 156 Å². The van der Waals surface area contributed by atoms with Crippen LogP contribution in [0.4, 0.5) is 0 Å². The molecule has 132 valence electrons. The predicted molar refractivity (Wildman–Crippen MR) is 95.4 cm³/mol. The molecule has 2 heterocycles. The number of hydrogen-bond acceptors (Lipinski definition) is 5. The van der Waals surface area contributed by atoms with E-state index in [-0.39, 0.29) is 12.3 Å². The van der Waals surface area contributed by atoms with Crippen molar-refractivity contribution in [3.63, 3.8) is 0 Å². The average molecular weight is 427 g/mol. The van der Waals surface area contributed by atoms with Gasteiger partial charge in [0.05, 0.1) is 0 Å². The van der Waals surface area contributed by atoms with Crippen LogP contribution in [0.2, 0.25) is 0 Å². The first kappa shape index (κ1) is 17.8. The Kier molecular flexibility index (Phi) is 5.33. The lowest BCUT2D eigenvalue weighted by Gasteiger charge is -2.49. The zero-order valence-corrected chi connectivity index (χ0v) is 15.4. The van der Waals surface area contributed by atoms with Gasteiger partial charge in [-0.15, -0.1) is 11.8 Å². The number of hydrogen-bond donors (Lipinski definition) is 2. The van der Waals surface area contributed by atoms with Crippen LogP contribution >= 0.6 is 27.7 Å². The molecule has 0 aliphatic carbocycles. The van der Waals surface area contributed by atoms with Crippen molar-refractivity contribution in [3.8, 4) is 5.75 Å². The molecule has 2 amide bonds. The molecule has 0 radical (unpaired) electrons. The Morgan fingerprint density at radius 1 is 1.36 bits per heavy atom. The molecule has 1 aromatic carbocycles. The van der Waals surface area contributed by atoms with Crippen molar-refractivity contribution < 1.29 is 24.2 Å². The first-order chi connectivity index (χ1) is 12.0. The summed E-state index contributed by atoms with van der Waals surface area (Å²) in [4.78, 5) is 37.1. The van der Waals surface area contributed by atoms with Crippen LogP contribution in [0.1, 0.15) is 0 Å². The number of carboxylic acids is 1. The third-order valence-electron chi connectivity index (χ3n) is 3.84. The van der Waals surface area contributed by atoms with Crippen molar-refractivity contribution in [2.75, 3.05) is 17.7 Å². The highest BCUT2D eigenvalue weighted by Gasteiger charge is 2.54. The standard InChI is InChI=1S/C16H15BrN2O5S/c17-6-9-8-25-15-12(14(21)19(15)13(9)16(22)23)18-11(20)7-24-10-4-2-1-3-5-10/h1-5,12,15H,6-8H2,(H,18,20)(H,22,23)/t12-,15+/m1/s1. The summed E-state index contributed by atoms with van der Waals surface area (Å²) in [6, 6.07) is 8.14. The molecule has 1 saturated heterocycles. The number of β-lactam (4-membered cyclic amide) rings is 1. The number of nitrogens with zero attached hydrogens (tertiary/aromatic N) is 1. The number of fused-ring (bicyclic) bond motifs is 1. The molecule has 2 aliphatic heterocycles. The highest BCUT2D eigenvalue weighted by atomic mass is 79.9. The number of rotatable bonds is 6. The molecule has 9 heteroatoms. The second-order valence-electron chi connectivity index (χ2n) is 5.45. The molecule has 3 rings (SSSR count). The Balaban J connectivity index is 1.61. The number of aliphatic carboxylic acids is 1. The van der Waals surface area contributed by atoms with Gasteiger partial charge >= 0.3 is 5.97 Å². The number of ether oxygens (including phenoxy) is 1. The number of carbonyl (C=O) groups is 3. The zero-order valence-electron chi connectivity index (χ0n) is 13.0. The van der Waals surface area contributed by atoms with E-state index in [0.717, 1.165) is 0 Å². The maximum absolute atomic E-state index is 12.3. The molecule has 0 saturated carbocycles. The van der Waals surface area contributed by atoms with Gasteiger partial charge in [-0.05, 0) is 17.7 Å². The van der Waals surface area contributed by atoms with Crippen molar-refractivity contribution in [2.24, 2.45) is 0 Å². The van der Waals surface area contributed by atoms with E-state index in [1.165, 1.54) is 16.7 Å². The molecular formula is C16H15BrN2O5S. The second kappa shape index (κ2) is 7.49. The number of alkyl halides is 1. The molecule has 1 aromatic rings. The molecule has 0 spiro atoms. The van der Waals surface area contributed by atoms with Crippen LogP contribution in [-0.4, -0.2) is 56.9 Å². The predicted octanol–water partition coefficient (Wildman–Crippen LogP) is 1.20. The zero-order chi connectivity index (χ0) is 18.0. The number of carbonyl (C=O) groups excluding carboxylic acids is 2. The van der Waals surface area contributed by atoms with E-state index in [0.29, 0.717) is 22.4 Å². The van der Waals surface area contributed by atoms with Crippen molar-refractivity contribution in [1.29, 1.82) is 0 Å². The van der Waals surface area contributed by atoms with Gasteiger partial charge in [-0.25, -0.2) is 4.79 Å². The van der Waals surface area contributed by atoms with Crippen molar-refractivity contribution in [3.05, 3.63) is 41.6 Å². The number of thioether (sulfide) groups is 1. The summed E-state index contributed by atoms with van der Waals surface area (Å²) in [6.45, 7) is -0.209. The fraction of sp³-hybridized carbons (Fsp3) is 0.312. The summed E-state index contributed by atoms with van der Waals surface area (Å²) in [5.74, 6) is -0.917. The molecule has 0 unspecified atom stereocenters. The Hall–Kier alpha value is -2.00. The van der Waals surface area contributed by atoms with Gasteiger partial charge in [-0.3, -0.25) is 14.5 Å². The maximum Gasteiger partial charge on any atom is 0.352 e. The minimum absolute atomic E-state index is 0.0108. The number of halogens is 1. The highest BCUT2D eigenvalue weighted by molar-refractivity contribution is 9.09. The van der Waals surface area contributed by atoms with E-state index < -0.39 is 29.2 Å². The lowest BCUT2D eigenvalue weighted by atomic mass is 10.0. The van der Waals surface area contributed by atoms with Crippen LogP contribution in [0.15, 0.2) is 41.6 Å². The summed E-state index contributed by atoms with van der Waals surface area (Å²) in [5, 5.41) is 12.0. The fourth-order valence-electron chi connectivity index (χ4n) is 2.67. The van der Waals surface area contributed by atoms with Gasteiger partial charge in [0, 0.05) is 11.1 Å². The smallest absolute Gasteiger partial charge is 0.352 e. The number of amides is 2. The van der Waals surface area contributed by atoms with Crippen LogP contribution < -0.4 is 10.1 Å². The van der Waals surface area contributed by atoms with E-state index in [2.05, 4.69) is 21.2 Å². The topological polar surface area (TPSA) is 95.9 Å². The lowest BCUT2D eigenvalue weighted by molar-refractivity contribution is -0.150. The van der Waals surface area contributed by atoms with E-state index in [1.54, 1.807) is 24.3 Å². The lowest BCUT2D eigenvalue weighted by Crippen LogP contribution is -2.70. The number of nitrogens with one attached hydrogen (secondary N) is 1. The Morgan fingerprint density at radius 2 is 2.08 bits per heavy atom. The number of benzene rings is 1. The monoisotopic (exact) mass is 426 g/mol. The molecule has 0 aromatic heterocycles. The third-order valence-corrected chi connectivity index (χ3v) is 5.86. The van der Waals surface area contributed by atoms with Gasteiger partial charge in [0.25, 0.3) is 11.8 Å². The molecule has 2 atom stereocenters. The van der Waals surface area contributed by atoms with E-state index in [9.17, 15) is 19.5 Å². The van der Waals surface area contributed by atoms with Crippen LogP contribution in [0.5, 0.6) is 5.75 Å². The van der Waals surface area contributed by atoms with Crippen LogP contribution in [0.3, 0.4) is 0 Å². The summed E-state index contributed by atoms with van der Waals surface area (Å²) >= 11 is 4.68. The summed E-state index contributed by atoms with van der Waals surface area (Å²) in [5.41, 5.74) is 0.663. The molecule has 1 fully saturated rings. The molecule has 0 bridgehead atoms. The van der Waals surface area contributed by atoms with Gasteiger partial charge in [0.1, 0.15) is 22.9 Å². The largest absolute Gasteiger partial charge is 0.484 e. The quantitative estimate of drug-likeness (QED) is 0.523. The minimum Gasteiger partial charge on any atom is -0.484 e. The van der Waals surface area contributed by atoms with Crippen molar-refractivity contribution in [2.45, 2.75) is 11.4 Å². The number of para-hydroxylation sites is 1. The molecular weight excluding hydrogens is 412 g/mol. The van der Waals surface area contributed by atoms with Gasteiger partial charge in [0.2, 0.25) is 0 Å². The molecule has 2 N–H and O–H groups in total. The number of carboxylic acid groups (broad SMARTS) is 1. The highest BCUT2D eigenvalue weighted by Crippen LogP contribution is 2.40. The van der Waals surface area contributed by atoms with Crippen molar-refractivity contribution >= 4 is 45.5 Å². The van der Waals surface area contributed by atoms with E-state index in [4.69, 9.17) is 4.74 Å². The molecule has 2 aliphatic rings.